The molecule has 0 saturated heterocycles. The Balaban J connectivity index is -0.000000000147. The average molecular weight is 569 g/mol. The van der Waals surface area contributed by atoms with Gasteiger partial charge in [0.25, 0.3) is 0 Å². The topological polar surface area (TPSA) is 52.0 Å². The van der Waals surface area contributed by atoms with Crippen molar-refractivity contribution in [3.63, 3.8) is 0 Å². The van der Waals surface area contributed by atoms with Crippen molar-refractivity contribution in [2.75, 3.05) is 0 Å². The summed E-state index contributed by atoms with van der Waals surface area (Å²) in [5.74, 6) is 6.00. The summed E-state index contributed by atoms with van der Waals surface area (Å²) < 4.78 is 29.5. The van der Waals surface area contributed by atoms with E-state index in [0.717, 1.165) is 0 Å². The Labute approximate surface area is 254 Å². The van der Waals surface area contributed by atoms with Gasteiger partial charge in [-0.25, -0.2) is 0 Å². The van der Waals surface area contributed by atoms with Crippen LogP contribution in [-0.2, 0) is 0 Å². The quantitative estimate of drug-likeness (QED) is 0.285. The Morgan fingerprint density at radius 3 is 0.171 bits per heavy atom. The third kappa shape index (κ3) is 705000. The van der Waals surface area contributed by atoms with Crippen molar-refractivity contribution in [1.82, 2.24) is 0 Å². The molecule has 0 bridgehead atoms. The molecule has 0 heterocycles. The van der Waals surface area contributed by atoms with Gasteiger partial charge in [0.15, 0.2) is 0 Å². The third-order valence-corrected chi connectivity index (χ3v) is 0. The second-order valence-electron chi connectivity index (χ2n) is 0. The molecule has 0 aliphatic rings. The average Bonchev–Trinajstić information content (AvgIpc) is 2.03. The number of nitrogens with two attached hydrogens (primary N) is 2. The van der Waals surface area contributed by atoms with Gasteiger partial charge >= 0.3 is 0 Å². The van der Waals surface area contributed by atoms with Crippen LogP contribution in [0.3, 0.4) is 0 Å². The molecule has 0 fully saturated rings. The van der Waals surface area contributed by atoms with E-state index >= 15 is 0 Å². The van der Waals surface area contributed by atoms with E-state index in [2.05, 4.69) is 11.9 Å². The molecule has 0 amide bonds. The molecule has 0 aliphatic heterocycles. The SMILES string of the molecule is C.C.C.C.C.C.C.C.C.C.C.C.C.C.C.C.C.C.C.C.C.C.C.C.C.C.C.C.C.NF.NF.[2H]C.[2H]C. The Kier molecular flexibility index (Phi) is 59500000. The van der Waals surface area contributed by atoms with E-state index < -0.39 is 0 Å². The van der Waals surface area contributed by atoms with E-state index in [-0.39, 0.29) is 215 Å². The van der Waals surface area contributed by atoms with Gasteiger partial charge in [-0.3, -0.25) is 0 Å². The first-order chi connectivity index (χ1) is 4.00. The van der Waals surface area contributed by atoms with Crippen LogP contribution in [0.4, 0.5) is 8.96 Å². The molecule has 0 radical (unpaired) electrons. The van der Waals surface area contributed by atoms with Gasteiger partial charge in [-0.1, -0.05) is 230 Å². The van der Waals surface area contributed by atoms with Gasteiger partial charge in [0.1, 0.15) is 0 Å². The highest BCUT2D eigenvalue weighted by atomic mass is 19.2. The summed E-state index contributed by atoms with van der Waals surface area (Å²) in [5, 5.41) is 0. The largest absolute Gasteiger partial charge is 0.172 e. The van der Waals surface area contributed by atoms with Gasteiger partial charge < -0.3 is 0 Å². The van der Waals surface area contributed by atoms with E-state index in [4.69, 9.17) is 11.7 Å². The van der Waals surface area contributed by atoms with Gasteiger partial charge in [-0.15, -0.1) is 8.96 Å². The highest BCUT2D eigenvalue weighted by molar-refractivity contribution is 2.84. The fraction of sp³-hybridized carbons (Fsp3) is 1.00. The van der Waals surface area contributed by atoms with Crippen molar-refractivity contribution in [2.24, 2.45) is 11.9 Å². The summed E-state index contributed by atoms with van der Waals surface area (Å²) in [6.07, 6.45) is 0. The summed E-state index contributed by atoms with van der Waals surface area (Å²) in [6.45, 7) is 0. The molecule has 0 atom stereocenters. The highest BCUT2D eigenvalue weighted by Gasteiger charge is 0.846. The zero-order valence-electron chi connectivity index (χ0n) is 5.91. The van der Waals surface area contributed by atoms with Crippen LogP contribution in [0.15, 0.2) is 0 Å². The van der Waals surface area contributed by atoms with Gasteiger partial charge in [-0.05, 0) is 0 Å². The molecule has 0 saturated carbocycles. The zero-order chi connectivity index (χ0) is 8.00. The molecule has 0 aliphatic carbocycles. The van der Waals surface area contributed by atoms with Crippen molar-refractivity contribution in [1.29, 1.82) is 0 Å². The minimum Gasteiger partial charge on any atom is -0.172 e. The first-order valence-corrected chi connectivity index (χ1v) is 0.436. The van der Waals surface area contributed by atoms with Crippen LogP contribution in [0.5, 0.6) is 0 Å². The lowest BCUT2D eigenvalue weighted by atomic mass is 12.0. The lowest BCUT2D eigenvalue weighted by Gasteiger charge is -1.16. The molecule has 276 valence electrons. The van der Waals surface area contributed by atoms with Crippen LogP contribution in [-0.4, -0.2) is 0 Å². The minimum absolute atomic E-state index is 0. The van der Waals surface area contributed by atoms with Crippen LogP contribution < -0.4 is 11.9 Å². The Morgan fingerprint density at radius 1 is 0.171 bits per heavy atom. The van der Waals surface area contributed by atoms with E-state index in [9.17, 15) is 0 Å². The standard InChI is InChI=1S/31CH4.2FH2N/c;;;;;;;;;;;;;;;;;;;;;;;;;;;;;;;2*1-2/h31*1H4;2*2H2/i2*1D;;;;;;;;;;;;;;;;;;;;;;;;;;;;;;;. The van der Waals surface area contributed by atoms with Gasteiger partial charge in [-0.2, -0.15) is 11.9 Å². The van der Waals surface area contributed by atoms with Crippen LogP contribution in [0.1, 0.15) is 233 Å². The Bertz CT molecular complexity index is 33.2. The summed E-state index contributed by atoms with van der Waals surface area (Å²) in [5.41, 5.74) is 0. The Morgan fingerprint density at radius 2 is 0.171 bits per heavy atom. The smallest absolute Gasteiger partial charge is 0.0194 e. The van der Waals surface area contributed by atoms with Gasteiger partial charge in [0.2, 0.25) is 0 Å². The van der Waals surface area contributed by atoms with Crippen molar-refractivity contribution in [3.8, 4) is 0 Å². The maximum absolute atomic E-state index is 9.00. The Hall–Kier alpha value is -0.220. The van der Waals surface area contributed by atoms with Crippen molar-refractivity contribution >= 4 is 0 Å². The molecular weight excluding hydrogens is 438 g/mol. The first kappa shape index (κ1) is 2780. The monoisotopic (exact) mass is 569 g/mol. The molecule has 0 aromatic heterocycles. The summed E-state index contributed by atoms with van der Waals surface area (Å²) >= 11 is 0. The molecule has 35 heavy (non-hydrogen) atoms. The van der Waals surface area contributed by atoms with Crippen molar-refractivity contribution in [2.45, 2.75) is 230 Å². The normalized spacial score (nSPS) is 0.743. The lowest BCUT2D eigenvalue weighted by Crippen LogP contribution is -1.53. The fourth-order valence-corrected chi connectivity index (χ4v) is 0. The molecule has 4 N–H and O–H groups in total. The molecule has 0 rings (SSSR count). The minimum atomic E-state index is 0. The van der Waals surface area contributed by atoms with Gasteiger partial charge in [0, 0.05) is 2.74 Å². The molecule has 0 unspecified atom stereocenters. The number of halogens is 2. The van der Waals surface area contributed by atoms with Crippen LogP contribution >= 0.6 is 0 Å². The molecule has 4 heteroatoms. The molecule has 0 aromatic rings. The fourth-order valence-electron chi connectivity index (χ4n) is 0. The van der Waals surface area contributed by atoms with Crippen LogP contribution in [0.2, 0.25) is 0 Å². The van der Waals surface area contributed by atoms with Crippen LogP contribution in [0.25, 0.3) is 0 Å². The van der Waals surface area contributed by atoms with Crippen molar-refractivity contribution < 1.29 is 11.7 Å². The summed E-state index contributed by atoms with van der Waals surface area (Å²) in [4.78, 5) is 0. The predicted octanol–water partition coefficient (Wildman–Crippen LogP) is 19.4. The molecular formula is C31H128F2N2. The molecule has 0 spiro atoms. The summed E-state index contributed by atoms with van der Waals surface area (Å²) in [6, 6.07) is 0. The highest BCUT2D eigenvalue weighted by Crippen LogP contribution is 0.935. The molecule has 2 nitrogen and oxygen atoms in total. The second-order valence-corrected chi connectivity index (χ2v) is 0. The van der Waals surface area contributed by atoms with E-state index in [1.807, 2.05) is 0 Å². The van der Waals surface area contributed by atoms with E-state index in [0.29, 0.717) is 0 Å². The van der Waals surface area contributed by atoms with Crippen molar-refractivity contribution in [3.05, 3.63) is 0 Å². The number of rotatable bonds is 0. The number of hydrogen-bond donors (Lipinski definition) is 2. The maximum Gasteiger partial charge on any atom is 0.0194 e. The van der Waals surface area contributed by atoms with Crippen LogP contribution in [0, 0.1) is 0 Å². The zero-order valence-corrected chi connectivity index (χ0v) is 3.91. The third-order valence-electron chi connectivity index (χ3n) is 0. The first-order valence-electron chi connectivity index (χ1n) is 2.44. The lowest BCUT2D eigenvalue weighted by molar-refractivity contribution is 0.530. The number of hydrogen-bond acceptors (Lipinski definition) is 2. The van der Waals surface area contributed by atoms with E-state index in [1.54, 1.807) is 0 Å². The van der Waals surface area contributed by atoms with Gasteiger partial charge in [0.05, 0.1) is 0 Å². The maximum atomic E-state index is 9.00. The van der Waals surface area contributed by atoms with E-state index in [1.165, 1.54) is 14.8 Å². The second kappa shape index (κ2) is 750000. The molecule has 0 aromatic carbocycles. The summed E-state index contributed by atoms with van der Waals surface area (Å²) in [7, 11) is 2.50. The predicted molar refractivity (Wildman–Crippen MR) is 219 cm³/mol.